The van der Waals surface area contributed by atoms with Crippen molar-refractivity contribution in [2.45, 2.75) is 39.7 Å². The van der Waals surface area contributed by atoms with Gasteiger partial charge in [0.2, 0.25) is 0 Å². The fourth-order valence-electron chi connectivity index (χ4n) is 2.64. The molecule has 4 heteroatoms. The van der Waals surface area contributed by atoms with Crippen LogP contribution in [0.25, 0.3) is 0 Å². The summed E-state index contributed by atoms with van der Waals surface area (Å²) < 4.78 is 5.42. The molecule has 0 spiro atoms. The smallest absolute Gasteiger partial charge is 0.257 e. The van der Waals surface area contributed by atoms with Gasteiger partial charge in [0.1, 0.15) is 11.5 Å². The highest BCUT2D eigenvalue weighted by Gasteiger charge is 2.27. The predicted octanol–water partition coefficient (Wildman–Crippen LogP) is 2.10. The number of rotatable bonds is 2. The Kier molecular flexibility index (Phi) is 3.76. The first-order chi connectivity index (χ1) is 8.49. The lowest BCUT2D eigenvalue weighted by Crippen LogP contribution is -2.42. The molecular formula is C14H22N2O2. The number of carbonyl (C=O) groups is 1. The van der Waals surface area contributed by atoms with Crippen LogP contribution in [0.2, 0.25) is 0 Å². The first-order valence-electron chi connectivity index (χ1n) is 6.61. The fraction of sp³-hybridized carbons (Fsp3) is 0.643. The van der Waals surface area contributed by atoms with Gasteiger partial charge in [0.25, 0.3) is 5.91 Å². The molecule has 1 fully saturated rings. The van der Waals surface area contributed by atoms with Crippen molar-refractivity contribution in [3.8, 4) is 0 Å². The molecule has 0 saturated carbocycles. The van der Waals surface area contributed by atoms with E-state index in [2.05, 4.69) is 0 Å². The first-order valence-corrected chi connectivity index (χ1v) is 6.61. The predicted molar refractivity (Wildman–Crippen MR) is 70.5 cm³/mol. The summed E-state index contributed by atoms with van der Waals surface area (Å²) in [6.07, 6.45) is 2.00. The number of piperidine rings is 1. The van der Waals surface area contributed by atoms with E-state index in [9.17, 15) is 4.79 Å². The monoisotopic (exact) mass is 250 g/mol. The molecule has 1 aliphatic rings. The molecule has 2 heterocycles. The van der Waals surface area contributed by atoms with Gasteiger partial charge < -0.3 is 15.1 Å². The molecule has 1 amide bonds. The van der Waals surface area contributed by atoms with Crippen LogP contribution < -0.4 is 5.73 Å². The minimum atomic E-state index is 0.0903. The van der Waals surface area contributed by atoms with E-state index in [1.807, 2.05) is 31.7 Å². The summed E-state index contributed by atoms with van der Waals surface area (Å²) >= 11 is 0. The molecule has 2 N–H and O–H groups in total. The van der Waals surface area contributed by atoms with E-state index >= 15 is 0 Å². The van der Waals surface area contributed by atoms with Crippen molar-refractivity contribution in [1.29, 1.82) is 0 Å². The van der Waals surface area contributed by atoms with Crippen molar-refractivity contribution >= 4 is 5.91 Å². The van der Waals surface area contributed by atoms with Crippen molar-refractivity contribution < 1.29 is 9.21 Å². The van der Waals surface area contributed by atoms with E-state index in [0.717, 1.165) is 31.7 Å². The van der Waals surface area contributed by atoms with Gasteiger partial charge in [-0.25, -0.2) is 0 Å². The summed E-state index contributed by atoms with van der Waals surface area (Å²) in [6.45, 7) is 7.36. The third-order valence-electron chi connectivity index (χ3n) is 3.84. The number of hydrogen-bond donors (Lipinski definition) is 1. The van der Waals surface area contributed by atoms with Crippen LogP contribution in [-0.2, 0) is 0 Å². The van der Waals surface area contributed by atoms with Crippen LogP contribution >= 0.6 is 0 Å². The molecule has 4 nitrogen and oxygen atoms in total. The summed E-state index contributed by atoms with van der Waals surface area (Å²) in [7, 11) is 0. The molecule has 18 heavy (non-hydrogen) atoms. The Morgan fingerprint density at radius 1 is 1.44 bits per heavy atom. The molecule has 100 valence electrons. The van der Waals surface area contributed by atoms with Gasteiger partial charge >= 0.3 is 0 Å². The third-order valence-corrected chi connectivity index (χ3v) is 3.84. The molecule has 1 aliphatic heterocycles. The van der Waals surface area contributed by atoms with Gasteiger partial charge in [-0.15, -0.1) is 0 Å². The van der Waals surface area contributed by atoms with Crippen LogP contribution in [0.3, 0.4) is 0 Å². The summed E-state index contributed by atoms with van der Waals surface area (Å²) in [4.78, 5) is 14.3. The lowest BCUT2D eigenvalue weighted by Gasteiger charge is -2.33. The second-order valence-corrected chi connectivity index (χ2v) is 5.32. The van der Waals surface area contributed by atoms with Crippen LogP contribution in [0.15, 0.2) is 10.5 Å². The van der Waals surface area contributed by atoms with E-state index in [1.54, 1.807) is 0 Å². The summed E-state index contributed by atoms with van der Waals surface area (Å²) in [5.41, 5.74) is 6.61. The van der Waals surface area contributed by atoms with Crippen LogP contribution in [0.1, 0.15) is 41.6 Å². The van der Waals surface area contributed by atoms with Crippen LogP contribution in [-0.4, -0.2) is 29.9 Å². The highest BCUT2D eigenvalue weighted by molar-refractivity contribution is 5.95. The van der Waals surface area contributed by atoms with E-state index in [0.29, 0.717) is 17.2 Å². The van der Waals surface area contributed by atoms with Gasteiger partial charge in [-0.05, 0) is 45.6 Å². The average molecular weight is 250 g/mol. The molecule has 1 saturated heterocycles. The van der Waals surface area contributed by atoms with Crippen molar-refractivity contribution in [3.63, 3.8) is 0 Å². The van der Waals surface area contributed by atoms with Crippen LogP contribution in [0.5, 0.6) is 0 Å². The molecule has 1 aromatic heterocycles. The number of nitrogens with zero attached hydrogens (tertiary/aromatic N) is 1. The Labute approximate surface area is 108 Å². The normalized spacial score (nSPS) is 19.0. The molecule has 2 rings (SSSR count). The van der Waals surface area contributed by atoms with Gasteiger partial charge in [0.15, 0.2) is 0 Å². The number of aryl methyl sites for hydroxylation is 2. The van der Waals surface area contributed by atoms with E-state index in [4.69, 9.17) is 10.2 Å². The molecule has 1 unspecified atom stereocenters. The van der Waals surface area contributed by atoms with Crippen molar-refractivity contribution in [3.05, 3.63) is 23.2 Å². The van der Waals surface area contributed by atoms with Gasteiger partial charge in [-0.1, -0.05) is 0 Å². The molecule has 0 bridgehead atoms. The van der Waals surface area contributed by atoms with Crippen molar-refractivity contribution in [2.75, 3.05) is 13.1 Å². The Bertz CT molecular complexity index is 429. The second-order valence-electron chi connectivity index (χ2n) is 5.32. The molecule has 0 aliphatic carbocycles. The summed E-state index contributed by atoms with van der Waals surface area (Å²) in [5, 5.41) is 0. The Morgan fingerprint density at radius 2 is 2.06 bits per heavy atom. The van der Waals surface area contributed by atoms with Crippen molar-refractivity contribution in [2.24, 2.45) is 11.7 Å². The van der Waals surface area contributed by atoms with Crippen LogP contribution in [0, 0.1) is 19.8 Å². The van der Waals surface area contributed by atoms with Gasteiger partial charge in [-0.2, -0.15) is 0 Å². The zero-order valence-electron chi connectivity index (χ0n) is 11.4. The largest absolute Gasteiger partial charge is 0.466 e. The van der Waals surface area contributed by atoms with E-state index < -0.39 is 0 Å². The quantitative estimate of drug-likeness (QED) is 0.874. The molecular weight excluding hydrogens is 228 g/mol. The molecule has 1 aromatic rings. The maximum absolute atomic E-state index is 12.3. The number of amides is 1. The third kappa shape index (κ3) is 2.58. The number of furan rings is 1. The fourth-order valence-corrected chi connectivity index (χ4v) is 2.64. The standard InChI is InChI=1S/C14H22N2O2/c1-9-8-13(11(3)18-9)14(17)16-6-4-12(5-7-16)10(2)15/h8,10,12H,4-7,15H2,1-3H3. The van der Waals surface area contributed by atoms with Crippen LogP contribution in [0.4, 0.5) is 0 Å². The van der Waals surface area contributed by atoms with E-state index in [-0.39, 0.29) is 11.9 Å². The SMILES string of the molecule is Cc1cc(C(=O)N2CCC(C(C)N)CC2)c(C)o1. The number of hydrogen-bond acceptors (Lipinski definition) is 3. The second kappa shape index (κ2) is 5.14. The van der Waals surface area contributed by atoms with Gasteiger partial charge in [0, 0.05) is 19.1 Å². The van der Waals surface area contributed by atoms with Crippen molar-refractivity contribution in [1.82, 2.24) is 4.90 Å². The Hall–Kier alpha value is -1.29. The Balaban J connectivity index is 2.02. The minimum absolute atomic E-state index is 0.0903. The number of nitrogens with two attached hydrogens (primary N) is 1. The lowest BCUT2D eigenvalue weighted by atomic mass is 9.90. The van der Waals surface area contributed by atoms with E-state index in [1.165, 1.54) is 0 Å². The maximum atomic E-state index is 12.3. The topological polar surface area (TPSA) is 59.5 Å². The Morgan fingerprint density at radius 3 is 2.50 bits per heavy atom. The highest BCUT2D eigenvalue weighted by Crippen LogP contribution is 2.23. The average Bonchev–Trinajstić information content (AvgIpc) is 2.67. The summed E-state index contributed by atoms with van der Waals surface area (Å²) in [6, 6.07) is 2.05. The lowest BCUT2D eigenvalue weighted by molar-refractivity contribution is 0.0679. The molecule has 1 atom stereocenters. The zero-order chi connectivity index (χ0) is 13.3. The summed E-state index contributed by atoms with van der Waals surface area (Å²) in [5.74, 6) is 2.14. The first kappa shape index (κ1) is 13.1. The van der Waals surface area contributed by atoms with Gasteiger partial charge in [-0.3, -0.25) is 4.79 Å². The highest BCUT2D eigenvalue weighted by atomic mass is 16.3. The number of carbonyl (C=O) groups excluding carboxylic acids is 1. The maximum Gasteiger partial charge on any atom is 0.257 e. The minimum Gasteiger partial charge on any atom is -0.466 e. The molecule has 0 radical (unpaired) electrons. The zero-order valence-corrected chi connectivity index (χ0v) is 11.4. The molecule has 0 aromatic carbocycles. The van der Waals surface area contributed by atoms with Gasteiger partial charge in [0.05, 0.1) is 5.56 Å². The number of likely N-dealkylation sites (tertiary alicyclic amines) is 1.